The molecule has 0 fully saturated rings. The second-order valence-corrected chi connectivity index (χ2v) is 6.88. The van der Waals surface area contributed by atoms with Crippen molar-refractivity contribution in [3.05, 3.63) is 90.1 Å². The number of Topliss-reactive ketones (excluding diaryl/α,β-unsaturated/α-hetero) is 1. The number of nitrogens with zero attached hydrogens (tertiary/aromatic N) is 1. The number of amides is 1. The third-order valence-corrected chi connectivity index (χ3v) is 4.94. The molecule has 0 saturated heterocycles. The number of para-hydroxylation sites is 1. The standard InChI is InChI=1S/C25H20N2O3/c1-16(28)22-15-19(21-7-3-5-17-6-4-14-26-24(17)21)10-13-23(22)27-25(29)18-8-11-20(30-2)12-9-18/h3-15H,1-2H3,(H,27,29). The Morgan fingerprint density at radius 3 is 2.43 bits per heavy atom. The molecule has 30 heavy (non-hydrogen) atoms. The summed E-state index contributed by atoms with van der Waals surface area (Å²) < 4.78 is 5.12. The molecule has 1 heterocycles. The Balaban J connectivity index is 1.70. The van der Waals surface area contributed by atoms with E-state index in [1.807, 2.05) is 36.4 Å². The molecule has 3 aromatic carbocycles. The van der Waals surface area contributed by atoms with E-state index in [0.29, 0.717) is 22.6 Å². The summed E-state index contributed by atoms with van der Waals surface area (Å²) >= 11 is 0. The molecule has 1 amide bonds. The van der Waals surface area contributed by atoms with Gasteiger partial charge < -0.3 is 10.1 Å². The molecule has 0 radical (unpaired) electrons. The molecule has 0 aliphatic heterocycles. The molecule has 0 unspecified atom stereocenters. The van der Waals surface area contributed by atoms with E-state index in [4.69, 9.17) is 4.74 Å². The van der Waals surface area contributed by atoms with Gasteiger partial charge >= 0.3 is 0 Å². The molecule has 1 aromatic heterocycles. The van der Waals surface area contributed by atoms with Gasteiger partial charge in [-0.2, -0.15) is 0 Å². The van der Waals surface area contributed by atoms with Crippen molar-refractivity contribution in [2.24, 2.45) is 0 Å². The summed E-state index contributed by atoms with van der Waals surface area (Å²) in [4.78, 5) is 29.5. The molecule has 5 nitrogen and oxygen atoms in total. The van der Waals surface area contributed by atoms with Crippen LogP contribution in [0.4, 0.5) is 5.69 Å². The van der Waals surface area contributed by atoms with Gasteiger partial charge in [-0.15, -0.1) is 0 Å². The van der Waals surface area contributed by atoms with E-state index in [1.54, 1.807) is 49.7 Å². The fourth-order valence-electron chi connectivity index (χ4n) is 3.39. The average molecular weight is 396 g/mol. The first-order valence-corrected chi connectivity index (χ1v) is 9.51. The Morgan fingerprint density at radius 1 is 0.933 bits per heavy atom. The zero-order valence-corrected chi connectivity index (χ0v) is 16.7. The van der Waals surface area contributed by atoms with Crippen LogP contribution < -0.4 is 10.1 Å². The van der Waals surface area contributed by atoms with E-state index >= 15 is 0 Å². The number of rotatable bonds is 5. The molecule has 0 atom stereocenters. The van der Waals surface area contributed by atoms with Crippen LogP contribution in [0.1, 0.15) is 27.6 Å². The molecule has 5 heteroatoms. The highest BCUT2D eigenvalue weighted by Gasteiger charge is 2.14. The number of hydrogen-bond donors (Lipinski definition) is 1. The van der Waals surface area contributed by atoms with Gasteiger partial charge in [0.1, 0.15) is 5.75 Å². The molecule has 0 spiro atoms. The average Bonchev–Trinajstić information content (AvgIpc) is 2.79. The molecule has 4 rings (SSSR count). The number of fused-ring (bicyclic) bond motifs is 1. The van der Waals surface area contributed by atoms with Gasteiger partial charge in [-0.25, -0.2) is 0 Å². The van der Waals surface area contributed by atoms with Crippen LogP contribution in [0.5, 0.6) is 5.75 Å². The summed E-state index contributed by atoms with van der Waals surface area (Å²) in [7, 11) is 1.57. The topological polar surface area (TPSA) is 68.3 Å². The lowest BCUT2D eigenvalue weighted by atomic mass is 9.97. The monoisotopic (exact) mass is 396 g/mol. The van der Waals surface area contributed by atoms with Crippen LogP contribution in [0.25, 0.3) is 22.0 Å². The highest BCUT2D eigenvalue weighted by molar-refractivity contribution is 6.10. The van der Waals surface area contributed by atoms with Gasteiger partial charge in [0.25, 0.3) is 5.91 Å². The first-order valence-electron chi connectivity index (χ1n) is 9.51. The lowest BCUT2D eigenvalue weighted by Gasteiger charge is -2.13. The zero-order chi connectivity index (χ0) is 21.1. The maximum atomic E-state index is 12.6. The van der Waals surface area contributed by atoms with Crippen LogP contribution in [0.3, 0.4) is 0 Å². The second kappa shape index (κ2) is 8.17. The van der Waals surface area contributed by atoms with Crippen molar-refractivity contribution in [2.75, 3.05) is 12.4 Å². The number of ketones is 1. The van der Waals surface area contributed by atoms with E-state index in [2.05, 4.69) is 10.3 Å². The molecule has 1 N–H and O–H groups in total. The fourth-order valence-corrected chi connectivity index (χ4v) is 3.39. The molecular weight excluding hydrogens is 376 g/mol. The predicted octanol–water partition coefficient (Wildman–Crippen LogP) is 5.37. The van der Waals surface area contributed by atoms with E-state index < -0.39 is 0 Å². The number of hydrogen-bond acceptors (Lipinski definition) is 4. The van der Waals surface area contributed by atoms with E-state index in [0.717, 1.165) is 22.0 Å². The second-order valence-electron chi connectivity index (χ2n) is 6.88. The number of anilines is 1. The lowest BCUT2D eigenvalue weighted by molar-refractivity contribution is 0.101. The van der Waals surface area contributed by atoms with Crippen LogP contribution >= 0.6 is 0 Å². The minimum Gasteiger partial charge on any atom is -0.497 e. The number of ether oxygens (including phenoxy) is 1. The Labute approximate surface area is 174 Å². The van der Waals surface area contributed by atoms with Crippen molar-refractivity contribution >= 4 is 28.3 Å². The van der Waals surface area contributed by atoms with Crippen LogP contribution in [-0.4, -0.2) is 23.8 Å². The summed E-state index contributed by atoms with van der Waals surface area (Å²) in [5.74, 6) is 0.249. The molecule has 4 aromatic rings. The Hall–Kier alpha value is -3.99. The summed E-state index contributed by atoms with van der Waals surface area (Å²) in [6.07, 6.45) is 1.75. The van der Waals surface area contributed by atoms with Crippen molar-refractivity contribution in [2.45, 2.75) is 6.92 Å². The normalized spacial score (nSPS) is 10.6. The van der Waals surface area contributed by atoms with Crippen molar-refractivity contribution in [3.63, 3.8) is 0 Å². The number of benzene rings is 3. The minimum absolute atomic E-state index is 0.130. The van der Waals surface area contributed by atoms with Crippen molar-refractivity contribution in [1.29, 1.82) is 0 Å². The molecular formula is C25H20N2O3. The SMILES string of the molecule is COc1ccc(C(=O)Nc2ccc(-c3cccc4cccnc34)cc2C(C)=O)cc1. The first kappa shape index (κ1) is 19.3. The van der Waals surface area contributed by atoms with Crippen LogP contribution in [0, 0.1) is 0 Å². The van der Waals surface area contributed by atoms with Crippen LogP contribution in [-0.2, 0) is 0 Å². The van der Waals surface area contributed by atoms with E-state index in [9.17, 15) is 9.59 Å². The highest BCUT2D eigenvalue weighted by Crippen LogP contribution is 2.30. The molecule has 0 bridgehead atoms. The predicted molar refractivity (Wildman–Crippen MR) is 118 cm³/mol. The summed E-state index contributed by atoms with van der Waals surface area (Å²) in [5.41, 5.74) is 4.07. The molecule has 148 valence electrons. The van der Waals surface area contributed by atoms with Gasteiger partial charge in [0.05, 0.1) is 18.3 Å². The molecule has 0 aliphatic carbocycles. The summed E-state index contributed by atoms with van der Waals surface area (Å²) in [6, 6.07) is 22.1. The number of carbonyl (C=O) groups is 2. The molecule has 0 aliphatic rings. The third kappa shape index (κ3) is 3.78. The van der Waals surface area contributed by atoms with Gasteiger partial charge in [-0.05, 0) is 55.0 Å². The smallest absolute Gasteiger partial charge is 0.255 e. The number of aromatic nitrogens is 1. The van der Waals surface area contributed by atoms with Gasteiger partial charge in [-0.1, -0.05) is 30.3 Å². The maximum Gasteiger partial charge on any atom is 0.255 e. The van der Waals surface area contributed by atoms with Crippen molar-refractivity contribution in [1.82, 2.24) is 4.98 Å². The largest absolute Gasteiger partial charge is 0.497 e. The third-order valence-electron chi connectivity index (χ3n) is 4.94. The summed E-state index contributed by atoms with van der Waals surface area (Å²) in [5, 5.41) is 3.87. The van der Waals surface area contributed by atoms with Gasteiger partial charge in [0, 0.05) is 28.3 Å². The zero-order valence-electron chi connectivity index (χ0n) is 16.7. The van der Waals surface area contributed by atoms with Gasteiger partial charge in [0.15, 0.2) is 5.78 Å². The minimum atomic E-state index is -0.292. The number of nitrogens with one attached hydrogen (secondary N) is 1. The number of methoxy groups -OCH3 is 1. The van der Waals surface area contributed by atoms with Gasteiger partial charge in [0.2, 0.25) is 0 Å². The Bertz CT molecular complexity index is 1240. The van der Waals surface area contributed by atoms with E-state index in [1.165, 1.54) is 6.92 Å². The van der Waals surface area contributed by atoms with Crippen molar-refractivity contribution < 1.29 is 14.3 Å². The Morgan fingerprint density at radius 2 is 1.70 bits per heavy atom. The van der Waals surface area contributed by atoms with Crippen LogP contribution in [0.2, 0.25) is 0 Å². The highest BCUT2D eigenvalue weighted by atomic mass is 16.5. The molecule has 0 saturated carbocycles. The lowest BCUT2D eigenvalue weighted by Crippen LogP contribution is -2.14. The summed E-state index contributed by atoms with van der Waals surface area (Å²) in [6.45, 7) is 1.49. The fraction of sp³-hybridized carbons (Fsp3) is 0.0800. The van der Waals surface area contributed by atoms with Gasteiger partial charge in [-0.3, -0.25) is 14.6 Å². The Kier molecular flexibility index (Phi) is 5.26. The first-order chi connectivity index (χ1) is 14.6. The maximum absolute atomic E-state index is 12.6. The number of pyridine rings is 1. The van der Waals surface area contributed by atoms with Crippen LogP contribution in [0.15, 0.2) is 79.0 Å². The quantitative estimate of drug-likeness (QED) is 0.461. The number of carbonyl (C=O) groups excluding carboxylic acids is 2. The van der Waals surface area contributed by atoms with E-state index in [-0.39, 0.29) is 11.7 Å². The van der Waals surface area contributed by atoms with Crippen molar-refractivity contribution in [3.8, 4) is 16.9 Å².